The topological polar surface area (TPSA) is 67.9 Å². The van der Waals surface area contributed by atoms with Gasteiger partial charge in [0.25, 0.3) is 11.8 Å². The lowest BCUT2D eigenvalue weighted by Gasteiger charge is -2.30. The summed E-state index contributed by atoms with van der Waals surface area (Å²) in [7, 11) is 0. The highest BCUT2D eigenvalue weighted by molar-refractivity contribution is 7.80. The van der Waals surface area contributed by atoms with E-state index in [0.29, 0.717) is 36.0 Å². The number of benzene rings is 2. The van der Waals surface area contributed by atoms with Gasteiger partial charge in [-0.15, -0.1) is 0 Å². The molecule has 1 N–H and O–H groups in total. The summed E-state index contributed by atoms with van der Waals surface area (Å²) in [4.78, 5) is 27.1. The normalized spacial score (nSPS) is 15.4. The first kappa shape index (κ1) is 21.5. The highest BCUT2D eigenvalue weighted by Crippen LogP contribution is 2.31. The van der Waals surface area contributed by atoms with Crippen molar-refractivity contribution in [3.8, 4) is 11.5 Å². The van der Waals surface area contributed by atoms with E-state index < -0.39 is 11.8 Å². The monoisotopic (exact) mass is 424 g/mol. The lowest BCUT2D eigenvalue weighted by atomic mass is 10.0. The molecule has 0 saturated carbocycles. The Bertz CT molecular complexity index is 1050. The van der Waals surface area contributed by atoms with Crippen LogP contribution in [0.1, 0.15) is 30.5 Å². The lowest BCUT2D eigenvalue weighted by Crippen LogP contribution is -2.54. The summed E-state index contributed by atoms with van der Waals surface area (Å²) in [5.74, 6) is 0.165. The minimum absolute atomic E-state index is 0.00446. The number of rotatable bonds is 6. The Morgan fingerprint density at radius 1 is 1.00 bits per heavy atom. The Labute approximate surface area is 181 Å². The molecule has 2 aromatic rings. The number of hydrogen-bond donors (Lipinski definition) is 1. The molecular weight excluding hydrogens is 400 g/mol. The van der Waals surface area contributed by atoms with Gasteiger partial charge in [0, 0.05) is 0 Å². The molecular formula is C23H24N2O4S. The van der Waals surface area contributed by atoms with Gasteiger partial charge in [0.2, 0.25) is 0 Å². The molecule has 0 bridgehead atoms. The van der Waals surface area contributed by atoms with Crippen molar-refractivity contribution in [1.29, 1.82) is 0 Å². The van der Waals surface area contributed by atoms with Crippen LogP contribution in [0.3, 0.4) is 0 Å². The summed E-state index contributed by atoms with van der Waals surface area (Å²) in [6.07, 6.45) is 1.54. The fraction of sp³-hybridized carbons (Fsp3) is 0.261. The zero-order valence-corrected chi connectivity index (χ0v) is 18.3. The third-order valence-electron chi connectivity index (χ3n) is 4.57. The fourth-order valence-corrected chi connectivity index (χ4v) is 3.53. The van der Waals surface area contributed by atoms with Crippen LogP contribution in [-0.2, 0) is 9.59 Å². The molecule has 2 amide bonds. The average molecular weight is 425 g/mol. The highest BCUT2D eigenvalue weighted by Gasteiger charge is 2.35. The van der Waals surface area contributed by atoms with Crippen LogP contribution >= 0.6 is 12.2 Å². The van der Waals surface area contributed by atoms with Gasteiger partial charge in [-0.2, -0.15) is 0 Å². The number of carbonyl (C=O) groups is 2. The number of thiocarbonyl (C=S) groups is 1. The molecule has 0 aliphatic carbocycles. The van der Waals surface area contributed by atoms with E-state index in [1.54, 1.807) is 18.2 Å². The Morgan fingerprint density at radius 3 is 2.37 bits per heavy atom. The number of nitrogens with zero attached hydrogens (tertiary/aromatic N) is 1. The smallest absolute Gasteiger partial charge is 0.270 e. The van der Waals surface area contributed by atoms with Gasteiger partial charge < -0.3 is 9.47 Å². The molecule has 3 rings (SSSR count). The maximum Gasteiger partial charge on any atom is 0.270 e. The molecule has 0 radical (unpaired) electrons. The third-order valence-corrected chi connectivity index (χ3v) is 4.86. The van der Waals surface area contributed by atoms with Gasteiger partial charge in [-0.1, -0.05) is 23.8 Å². The van der Waals surface area contributed by atoms with Crippen LogP contribution in [0, 0.1) is 13.8 Å². The van der Waals surface area contributed by atoms with Crippen molar-refractivity contribution >= 4 is 40.9 Å². The van der Waals surface area contributed by atoms with E-state index in [-0.39, 0.29) is 10.7 Å². The SMILES string of the molecule is CCOc1ccc(/C=C2\C(=O)NC(=S)N(c3ccc(C)cc3C)C2=O)cc1OCC. The standard InChI is InChI=1S/C23H24N2O4S/c1-5-28-19-10-8-16(13-20(19)29-6-2)12-17-21(26)24-23(30)25(22(17)27)18-9-7-14(3)11-15(18)4/h7-13H,5-6H2,1-4H3,(H,24,26,30)/b17-12+. The van der Waals surface area contributed by atoms with E-state index in [0.717, 1.165) is 11.1 Å². The number of carbonyl (C=O) groups excluding carboxylic acids is 2. The molecule has 1 aliphatic rings. The summed E-state index contributed by atoms with van der Waals surface area (Å²) in [5, 5.41) is 2.68. The van der Waals surface area contributed by atoms with Crippen LogP contribution < -0.4 is 19.7 Å². The van der Waals surface area contributed by atoms with E-state index in [9.17, 15) is 9.59 Å². The summed E-state index contributed by atoms with van der Waals surface area (Å²) in [5.41, 5.74) is 3.25. The Morgan fingerprint density at radius 2 is 1.70 bits per heavy atom. The molecule has 1 heterocycles. The second kappa shape index (κ2) is 9.09. The first-order chi connectivity index (χ1) is 14.3. The highest BCUT2D eigenvalue weighted by atomic mass is 32.1. The van der Waals surface area contributed by atoms with E-state index >= 15 is 0 Å². The summed E-state index contributed by atoms with van der Waals surface area (Å²) in [6, 6.07) is 11.0. The predicted octanol–water partition coefficient (Wildman–Crippen LogP) is 3.93. The molecule has 0 spiro atoms. The molecule has 0 aromatic heterocycles. The molecule has 156 valence electrons. The first-order valence-electron chi connectivity index (χ1n) is 9.74. The molecule has 7 heteroatoms. The van der Waals surface area contributed by atoms with E-state index in [1.165, 1.54) is 11.0 Å². The minimum Gasteiger partial charge on any atom is -0.490 e. The fourth-order valence-electron chi connectivity index (χ4n) is 3.26. The first-order valence-corrected chi connectivity index (χ1v) is 10.1. The average Bonchev–Trinajstić information content (AvgIpc) is 2.69. The molecule has 6 nitrogen and oxygen atoms in total. The maximum absolute atomic E-state index is 13.2. The van der Waals surface area contributed by atoms with Gasteiger partial charge in [0.1, 0.15) is 5.57 Å². The van der Waals surface area contributed by atoms with Crippen molar-refractivity contribution in [2.45, 2.75) is 27.7 Å². The zero-order chi connectivity index (χ0) is 21.8. The van der Waals surface area contributed by atoms with Crippen molar-refractivity contribution in [2.75, 3.05) is 18.1 Å². The largest absolute Gasteiger partial charge is 0.490 e. The number of ether oxygens (including phenoxy) is 2. The van der Waals surface area contributed by atoms with Gasteiger partial charge in [0.15, 0.2) is 16.6 Å². The van der Waals surface area contributed by atoms with E-state index in [2.05, 4.69) is 5.32 Å². The number of anilines is 1. The number of nitrogens with one attached hydrogen (secondary N) is 1. The quantitative estimate of drug-likeness (QED) is 0.432. The third kappa shape index (κ3) is 4.36. The second-order valence-electron chi connectivity index (χ2n) is 6.82. The second-order valence-corrected chi connectivity index (χ2v) is 7.21. The Hall–Kier alpha value is -3.19. The molecule has 0 unspecified atom stereocenters. The van der Waals surface area contributed by atoms with Gasteiger partial charge in [-0.05, 0) is 75.3 Å². The van der Waals surface area contributed by atoms with Crippen LogP contribution in [0.4, 0.5) is 5.69 Å². The summed E-state index contributed by atoms with van der Waals surface area (Å²) < 4.78 is 11.2. The van der Waals surface area contributed by atoms with Crippen molar-refractivity contribution in [3.05, 3.63) is 58.7 Å². The van der Waals surface area contributed by atoms with Gasteiger partial charge >= 0.3 is 0 Å². The number of amides is 2. The number of hydrogen-bond acceptors (Lipinski definition) is 5. The van der Waals surface area contributed by atoms with Crippen molar-refractivity contribution in [2.24, 2.45) is 0 Å². The lowest BCUT2D eigenvalue weighted by molar-refractivity contribution is -0.122. The van der Waals surface area contributed by atoms with Gasteiger partial charge in [-0.3, -0.25) is 19.8 Å². The van der Waals surface area contributed by atoms with Crippen LogP contribution in [0.15, 0.2) is 42.0 Å². The van der Waals surface area contributed by atoms with Crippen LogP contribution in [0.25, 0.3) is 6.08 Å². The molecule has 1 fully saturated rings. The minimum atomic E-state index is -0.530. The summed E-state index contributed by atoms with van der Waals surface area (Å²) >= 11 is 5.28. The Kier molecular flexibility index (Phi) is 6.52. The maximum atomic E-state index is 13.2. The van der Waals surface area contributed by atoms with Crippen LogP contribution in [-0.4, -0.2) is 30.1 Å². The summed E-state index contributed by atoms with van der Waals surface area (Å²) in [6.45, 7) is 8.61. The van der Waals surface area contributed by atoms with Crippen molar-refractivity contribution in [1.82, 2.24) is 5.32 Å². The Balaban J connectivity index is 2.01. The van der Waals surface area contributed by atoms with Crippen LogP contribution in [0.2, 0.25) is 0 Å². The van der Waals surface area contributed by atoms with E-state index in [4.69, 9.17) is 21.7 Å². The van der Waals surface area contributed by atoms with Crippen LogP contribution in [0.5, 0.6) is 11.5 Å². The molecule has 1 saturated heterocycles. The molecule has 30 heavy (non-hydrogen) atoms. The van der Waals surface area contributed by atoms with Crippen molar-refractivity contribution in [3.63, 3.8) is 0 Å². The van der Waals surface area contributed by atoms with Gasteiger partial charge in [-0.25, -0.2) is 0 Å². The van der Waals surface area contributed by atoms with Gasteiger partial charge in [0.05, 0.1) is 18.9 Å². The van der Waals surface area contributed by atoms with E-state index in [1.807, 2.05) is 45.9 Å². The van der Waals surface area contributed by atoms with Crippen molar-refractivity contribution < 1.29 is 19.1 Å². The predicted molar refractivity (Wildman–Crippen MR) is 121 cm³/mol. The molecule has 0 atom stereocenters. The molecule has 2 aromatic carbocycles. The molecule has 1 aliphatic heterocycles. The zero-order valence-electron chi connectivity index (χ0n) is 17.4. The number of aryl methyl sites for hydroxylation is 2.